The summed E-state index contributed by atoms with van der Waals surface area (Å²) in [6, 6.07) is -0.798. The van der Waals surface area contributed by atoms with Gasteiger partial charge >= 0.3 is 8.25 Å². The zero-order chi connectivity index (χ0) is 45.5. The van der Waals surface area contributed by atoms with E-state index < -0.39 is 86.4 Å². The molecule has 60 heavy (non-hydrogen) atoms. The van der Waals surface area contributed by atoms with E-state index in [2.05, 4.69) is 36.6 Å². The van der Waals surface area contributed by atoms with Crippen LogP contribution in [-0.2, 0) is 39.8 Å². The van der Waals surface area contributed by atoms with Gasteiger partial charge in [-0.3, -0.25) is 38.8 Å². The third kappa shape index (κ3) is 22.1. The standard InChI is InChI=1S/C37H64N13O9P/c1-20(2)16-25(38)32(53)46-19-30(51)29(18-23-10-12-24(13-11-23)59-60(57)58)50-31(52)22(5)47-34(55)27(8-6-14-44-36(40)41)49-35(56)28(9-7-15-45-37(42)43)48-33(54)26(39)17-21(3)4/h10-13,20-22,25-29H,6-9,14-19,38-39H2,1-5H3,(H13-,40,41,42,43,44,45,46,47,48,49,50,52,53,54,55,56,57,58)/p+1/t22-,25-,26-,27-,28-,29?/m0/s1. The average Bonchev–Trinajstić information content (AvgIpc) is 3.15. The number of nitrogens with one attached hydrogen (secondary N) is 5. The van der Waals surface area contributed by atoms with Crippen molar-refractivity contribution in [3.8, 4) is 5.75 Å². The van der Waals surface area contributed by atoms with Crippen LogP contribution in [0.3, 0.4) is 0 Å². The molecule has 2 unspecified atom stereocenters. The highest BCUT2D eigenvalue weighted by atomic mass is 31.1. The zero-order valence-corrected chi connectivity index (χ0v) is 35.9. The molecule has 0 bridgehead atoms. The Bertz CT molecular complexity index is 1650. The minimum Gasteiger partial charge on any atom is -0.370 e. The van der Waals surface area contributed by atoms with Crippen molar-refractivity contribution in [1.82, 2.24) is 26.6 Å². The van der Waals surface area contributed by atoms with Gasteiger partial charge in [-0.1, -0.05) is 39.8 Å². The van der Waals surface area contributed by atoms with Crippen LogP contribution in [0.5, 0.6) is 5.75 Å². The predicted octanol–water partition coefficient (Wildman–Crippen LogP) is -2.24. The summed E-state index contributed by atoms with van der Waals surface area (Å²) >= 11 is 0. The average molecular weight is 867 g/mol. The molecule has 336 valence electrons. The molecule has 0 radical (unpaired) electrons. The molecule has 0 saturated heterocycles. The van der Waals surface area contributed by atoms with Crippen LogP contribution in [0.15, 0.2) is 34.3 Å². The molecule has 1 aromatic carbocycles. The van der Waals surface area contributed by atoms with E-state index in [1.54, 1.807) is 0 Å². The summed E-state index contributed by atoms with van der Waals surface area (Å²) in [6.07, 6.45) is 1.25. The highest BCUT2D eigenvalue weighted by Crippen LogP contribution is 2.23. The van der Waals surface area contributed by atoms with Gasteiger partial charge in [0.2, 0.25) is 29.5 Å². The third-order valence-corrected chi connectivity index (χ3v) is 9.09. The van der Waals surface area contributed by atoms with Crippen LogP contribution in [0.1, 0.15) is 78.7 Å². The second-order valence-electron chi connectivity index (χ2n) is 15.1. The molecule has 0 aromatic heterocycles. The van der Waals surface area contributed by atoms with Gasteiger partial charge in [0, 0.05) is 17.7 Å². The first-order valence-electron chi connectivity index (χ1n) is 19.7. The molecular formula is C37H65N13O9P+. The van der Waals surface area contributed by atoms with Crippen molar-refractivity contribution < 1.29 is 42.7 Å². The Morgan fingerprint density at radius 1 is 0.667 bits per heavy atom. The van der Waals surface area contributed by atoms with Crippen molar-refractivity contribution in [3.63, 3.8) is 0 Å². The molecular weight excluding hydrogens is 801 g/mol. The second-order valence-corrected chi connectivity index (χ2v) is 15.8. The molecule has 7 atom stereocenters. The zero-order valence-electron chi connectivity index (χ0n) is 35.0. The Labute approximate surface area is 351 Å². The number of guanidine groups is 2. The van der Waals surface area contributed by atoms with Crippen LogP contribution in [0, 0.1) is 11.8 Å². The first kappa shape index (κ1) is 52.6. The van der Waals surface area contributed by atoms with E-state index in [1.807, 2.05) is 27.7 Å². The molecule has 1 rings (SSSR count). The van der Waals surface area contributed by atoms with Crippen molar-refractivity contribution in [2.45, 2.75) is 116 Å². The minimum absolute atomic E-state index is 0.00816. The minimum atomic E-state index is -2.92. The summed E-state index contributed by atoms with van der Waals surface area (Å²) < 4.78 is 15.9. The highest BCUT2D eigenvalue weighted by Gasteiger charge is 2.31. The lowest BCUT2D eigenvalue weighted by atomic mass is 10.0. The molecule has 0 aliphatic rings. The Morgan fingerprint density at radius 2 is 1.12 bits per heavy atom. The fraction of sp³-hybridized carbons (Fsp3) is 0.622. The smallest absolute Gasteiger partial charge is 0.370 e. The second kappa shape index (κ2) is 27.3. The lowest BCUT2D eigenvalue weighted by Crippen LogP contribution is -2.58. The van der Waals surface area contributed by atoms with E-state index in [0.717, 1.165) is 0 Å². The van der Waals surface area contributed by atoms with Crippen molar-refractivity contribution in [1.29, 1.82) is 0 Å². The van der Waals surface area contributed by atoms with E-state index in [9.17, 15) is 33.3 Å². The number of hydrogen-bond acceptors (Lipinski definition) is 12. The lowest BCUT2D eigenvalue weighted by molar-refractivity contribution is -0.134. The van der Waals surface area contributed by atoms with Crippen LogP contribution in [0.2, 0.25) is 0 Å². The number of amides is 5. The van der Waals surface area contributed by atoms with Gasteiger partial charge in [0.15, 0.2) is 23.5 Å². The molecule has 23 heteroatoms. The van der Waals surface area contributed by atoms with E-state index in [0.29, 0.717) is 18.4 Å². The number of nitrogens with two attached hydrogens (primary N) is 6. The van der Waals surface area contributed by atoms with E-state index in [1.165, 1.54) is 31.2 Å². The molecule has 0 saturated carbocycles. The first-order valence-corrected chi connectivity index (χ1v) is 20.8. The summed E-state index contributed by atoms with van der Waals surface area (Å²) in [7, 11) is -2.92. The normalized spacial score (nSPS) is 14.3. The summed E-state index contributed by atoms with van der Waals surface area (Å²) in [5.41, 5.74) is 34.3. The number of ketones is 1. The fourth-order valence-corrected chi connectivity index (χ4v) is 5.99. The Balaban J connectivity index is 3.29. The van der Waals surface area contributed by atoms with Crippen LogP contribution in [0.4, 0.5) is 0 Å². The van der Waals surface area contributed by atoms with Crippen LogP contribution < -0.4 is 65.5 Å². The molecule has 0 fully saturated rings. The molecule has 22 nitrogen and oxygen atoms in total. The molecule has 0 heterocycles. The number of benzene rings is 1. The van der Waals surface area contributed by atoms with Crippen molar-refractivity contribution in [2.75, 3.05) is 19.6 Å². The largest absolute Gasteiger partial charge is 0.747 e. The molecule has 0 spiro atoms. The van der Waals surface area contributed by atoms with Crippen molar-refractivity contribution >= 4 is 55.5 Å². The van der Waals surface area contributed by atoms with Gasteiger partial charge < -0.3 is 61.0 Å². The predicted molar refractivity (Wildman–Crippen MR) is 227 cm³/mol. The number of hydrogen-bond donors (Lipinski definition) is 12. The summed E-state index contributed by atoms with van der Waals surface area (Å²) in [5.74, 6) is -4.01. The Kier molecular flexibility index (Phi) is 24.0. The number of aliphatic imine (C=N–C) groups is 2. The SMILES string of the molecule is CC(C)C[C@H](N)C(=O)NCC(=O)C(Cc1ccc(O[P+](=O)O)cc1)NC(=O)[C@H](C)NC(=O)[C@H](CCCN=C(N)N)NC(=O)[C@H](CCCN=C(N)N)NC(=O)[C@@H](N)CC(C)C. The number of carbonyl (C=O) groups excluding carboxylic acids is 6. The van der Waals surface area contributed by atoms with Gasteiger partial charge in [-0.05, 0) is 81.4 Å². The molecule has 0 aliphatic heterocycles. The number of nitrogens with zero attached hydrogens (tertiary/aromatic N) is 2. The summed E-state index contributed by atoms with van der Waals surface area (Å²) in [4.78, 5) is 97.0. The summed E-state index contributed by atoms with van der Waals surface area (Å²) in [5, 5.41) is 13.0. The highest BCUT2D eigenvalue weighted by molar-refractivity contribution is 7.32. The molecule has 0 aliphatic carbocycles. The maximum absolute atomic E-state index is 13.7. The number of rotatable bonds is 28. The van der Waals surface area contributed by atoms with Gasteiger partial charge in [0.1, 0.15) is 18.1 Å². The molecule has 5 amide bonds. The van der Waals surface area contributed by atoms with Crippen LogP contribution in [0.25, 0.3) is 0 Å². The third-order valence-electron chi connectivity index (χ3n) is 8.72. The summed E-state index contributed by atoms with van der Waals surface area (Å²) in [6.45, 7) is 8.72. The number of carbonyl (C=O) groups is 6. The van der Waals surface area contributed by atoms with Gasteiger partial charge in [0.05, 0.1) is 24.7 Å². The molecule has 1 aromatic rings. The van der Waals surface area contributed by atoms with E-state index >= 15 is 0 Å². The van der Waals surface area contributed by atoms with Gasteiger partial charge in [-0.25, -0.2) is 4.52 Å². The lowest BCUT2D eigenvalue weighted by Gasteiger charge is -2.26. The quantitative estimate of drug-likeness (QED) is 0.0183. The van der Waals surface area contributed by atoms with Gasteiger partial charge in [0.25, 0.3) is 0 Å². The molecule has 18 N–H and O–H groups in total. The fourth-order valence-electron chi connectivity index (χ4n) is 5.69. The van der Waals surface area contributed by atoms with Gasteiger partial charge in [-0.15, -0.1) is 4.89 Å². The van der Waals surface area contributed by atoms with Crippen LogP contribution in [-0.4, -0.2) is 108 Å². The monoisotopic (exact) mass is 866 g/mol. The van der Waals surface area contributed by atoms with E-state index in [4.69, 9.17) is 43.8 Å². The maximum atomic E-state index is 13.7. The van der Waals surface area contributed by atoms with Crippen molar-refractivity contribution in [3.05, 3.63) is 29.8 Å². The first-order chi connectivity index (χ1) is 28.1. The number of Topliss-reactive ketones (excluding diaryl/α,β-unsaturated/α-hetero) is 1. The Morgan fingerprint density at radius 3 is 1.58 bits per heavy atom. The van der Waals surface area contributed by atoms with Crippen LogP contribution >= 0.6 is 8.25 Å². The Hall–Kier alpha value is -5.44. The van der Waals surface area contributed by atoms with Gasteiger partial charge in [-0.2, -0.15) is 0 Å². The van der Waals surface area contributed by atoms with E-state index in [-0.39, 0.29) is 74.7 Å². The maximum Gasteiger partial charge on any atom is 0.747 e. The topological polar surface area (TPSA) is 390 Å². The van der Waals surface area contributed by atoms with Crippen molar-refractivity contribution in [2.24, 2.45) is 56.2 Å².